The summed E-state index contributed by atoms with van der Waals surface area (Å²) in [6.07, 6.45) is 13.2. The summed E-state index contributed by atoms with van der Waals surface area (Å²) in [6.45, 7) is 51.4. The van der Waals surface area contributed by atoms with Gasteiger partial charge in [-0.1, -0.05) is 447 Å². The van der Waals surface area contributed by atoms with Crippen molar-refractivity contribution >= 4 is 34.1 Å². The van der Waals surface area contributed by atoms with Crippen LogP contribution >= 0.6 is 0 Å². The van der Waals surface area contributed by atoms with Gasteiger partial charge in [-0.2, -0.15) is 0 Å². The fourth-order valence-electron chi connectivity index (χ4n) is 21.6. The van der Waals surface area contributed by atoms with Gasteiger partial charge in [0.15, 0.2) is 0 Å². The molecule has 19 rings (SSSR count). The van der Waals surface area contributed by atoms with Gasteiger partial charge in [-0.3, -0.25) is 0 Å². The highest BCUT2D eigenvalue weighted by molar-refractivity contribution is 5.91. The van der Waals surface area contributed by atoms with Gasteiger partial charge < -0.3 is 9.80 Å². The fourth-order valence-corrected chi connectivity index (χ4v) is 21.6. The van der Waals surface area contributed by atoms with Gasteiger partial charge in [0.05, 0.1) is 0 Å². The van der Waals surface area contributed by atoms with Gasteiger partial charge in [0, 0.05) is 45.0 Å². The zero-order chi connectivity index (χ0) is 94.3. The van der Waals surface area contributed by atoms with Gasteiger partial charge in [-0.15, -0.1) is 0 Å². The Labute approximate surface area is 811 Å². The molecule has 4 aliphatic rings. The average molecular weight is 1770 g/mol. The molecule has 15 aromatic rings. The molecule has 0 atom stereocenters. The van der Waals surface area contributed by atoms with Crippen molar-refractivity contribution < 1.29 is 0 Å². The Kier molecular flexibility index (Phi) is 25.8. The van der Waals surface area contributed by atoms with Gasteiger partial charge in [0.2, 0.25) is 0 Å². The van der Waals surface area contributed by atoms with Crippen molar-refractivity contribution in [2.45, 2.75) is 279 Å². The minimum Gasteiger partial charge on any atom is -0.310 e. The summed E-state index contributed by atoms with van der Waals surface area (Å²) in [7, 11) is 0. The van der Waals surface area contributed by atoms with Crippen LogP contribution in [0.15, 0.2) is 328 Å². The van der Waals surface area contributed by atoms with Crippen LogP contribution in [0, 0.1) is 0 Å². The molecule has 0 unspecified atom stereocenters. The number of para-hydroxylation sites is 1. The summed E-state index contributed by atoms with van der Waals surface area (Å²) in [5.41, 5.74) is 46.7. The van der Waals surface area contributed by atoms with E-state index in [2.05, 4.69) is 490 Å². The topological polar surface area (TPSA) is 6.48 Å². The van der Waals surface area contributed by atoms with E-state index in [0.29, 0.717) is 11.8 Å². The van der Waals surface area contributed by atoms with Gasteiger partial charge in [0.25, 0.3) is 0 Å². The molecule has 2 fully saturated rings. The molecular formula is C133H146N2. The Bertz CT molecular complexity index is 6760. The summed E-state index contributed by atoms with van der Waals surface area (Å²) in [5.74, 6) is 1.28. The van der Waals surface area contributed by atoms with Gasteiger partial charge in [0.1, 0.15) is 0 Å². The maximum Gasteiger partial charge on any atom is 0.0496 e. The van der Waals surface area contributed by atoms with E-state index in [4.69, 9.17) is 0 Å². The first-order valence-electron chi connectivity index (χ1n) is 50.1. The molecule has 135 heavy (non-hydrogen) atoms. The molecule has 0 aliphatic heterocycles. The summed E-state index contributed by atoms with van der Waals surface area (Å²) < 4.78 is 0. The van der Waals surface area contributed by atoms with E-state index in [1.165, 1.54) is 248 Å². The largest absolute Gasteiger partial charge is 0.310 e. The normalized spacial score (nSPS) is 14.9. The van der Waals surface area contributed by atoms with Crippen molar-refractivity contribution in [2.75, 3.05) is 9.80 Å². The van der Waals surface area contributed by atoms with Crippen LogP contribution in [0.5, 0.6) is 0 Å². The third-order valence-corrected chi connectivity index (χ3v) is 30.2. The van der Waals surface area contributed by atoms with Gasteiger partial charge in [-0.25, -0.2) is 0 Å². The predicted octanol–water partition coefficient (Wildman–Crippen LogP) is 39.1. The molecule has 0 N–H and O–H groups in total. The van der Waals surface area contributed by atoms with Crippen LogP contribution in [0.1, 0.15) is 303 Å². The number of hydrogen-bond acceptors (Lipinski definition) is 2. The lowest BCUT2D eigenvalue weighted by Crippen LogP contribution is -2.18. The summed E-state index contributed by atoms with van der Waals surface area (Å²) in [6, 6.07) is 126. The summed E-state index contributed by atoms with van der Waals surface area (Å²) >= 11 is 0. The molecular weight excluding hydrogens is 1630 g/mol. The molecule has 0 heterocycles. The van der Waals surface area contributed by atoms with E-state index in [-0.39, 0.29) is 50.7 Å². The quantitative estimate of drug-likeness (QED) is 0.101. The van der Waals surface area contributed by atoms with Crippen molar-refractivity contribution in [2.24, 2.45) is 0 Å². The molecule has 688 valence electrons. The Morgan fingerprint density at radius 1 is 0.207 bits per heavy atom. The molecule has 2 nitrogen and oxygen atoms in total. The van der Waals surface area contributed by atoms with Crippen LogP contribution in [0.4, 0.5) is 34.1 Å². The third kappa shape index (κ3) is 19.6. The lowest BCUT2D eigenvalue weighted by molar-refractivity contribution is 0.443. The zero-order valence-corrected chi connectivity index (χ0v) is 84.3. The smallest absolute Gasteiger partial charge is 0.0496 e. The standard InChI is InChI=1S/C69H73N.C63H69N.CH4/c1-66(2,3)56-39-53(38-54(40-56)55-41-57(67(4,5)6)44-58(42-55)68(7,8)9)51-30-28-50(29-31-51)52-20-17-21-60(43-52)70(61-36-37-63-62-22-15-16-23-64(62)69(10,11)65(63)45-61)59-34-32-49(33-35-59)48-26-24-47(25-27-48)46-18-13-12-14-19-46;1-60(2,3)49-35-46(34-47(36-49)48-37-50(61(4,5)6)40-51(38-48)62(7,8)9)43-30-28-42(29-31-43)45-22-19-23-52(39-45)64(59-27-18-16-24-54(59)44-20-13-12-14-21-44)53-32-33-56-55-25-15-17-26-57(55)63(10,11)58(56)41-53;/h15-17,20-46H,12-14,18-19H2,1-11H3;15-19,22-41,44H,12-14,20-21H2,1-11H3;1H4. The zero-order valence-electron chi connectivity index (χ0n) is 84.3. The monoisotopic (exact) mass is 1770 g/mol. The SMILES string of the molecule is C.CC(C)(C)c1cc(-c2ccc(-c3cccc(N(c4ccc(-c5ccc(C6CCCCC6)cc5)cc4)c4ccc5c(c4)C(C)(C)c4ccccc4-5)c3)cc2)cc(-c2cc(C(C)(C)C)cc(C(C)(C)C)c2)c1.CC(C)(C)c1cc(-c2ccc(-c3cccc(N(c4ccc5c(c4)C(C)(C)c4ccccc4-5)c4ccccc4C4CCCCC4)c3)cc2)cc(-c2cc(C(C)(C)C)cc(C(C)(C)C)c2)c1. The number of nitrogens with zero attached hydrogens (tertiary/aromatic N) is 2. The molecule has 0 aromatic heterocycles. The number of fused-ring (bicyclic) bond motifs is 6. The first-order valence-corrected chi connectivity index (χ1v) is 50.1. The van der Waals surface area contributed by atoms with Crippen LogP contribution in [-0.4, -0.2) is 0 Å². The van der Waals surface area contributed by atoms with Crippen LogP contribution in [0.2, 0.25) is 0 Å². The lowest BCUT2D eigenvalue weighted by atomic mass is 9.78. The maximum atomic E-state index is 2.56. The van der Waals surface area contributed by atoms with Gasteiger partial charge in [-0.05, 0) is 316 Å². The van der Waals surface area contributed by atoms with Crippen molar-refractivity contribution in [3.05, 3.63) is 394 Å². The Hall–Kier alpha value is -12.1. The van der Waals surface area contributed by atoms with Crippen LogP contribution in [0.3, 0.4) is 0 Å². The Morgan fingerprint density at radius 3 is 0.881 bits per heavy atom. The first kappa shape index (κ1) is 94.7. The van der Waals surface area contributed by atoms with Crippen LogP contribution < -0.4 is 9.80 Å². The second kappa shape index (κ2) is 36.8. The molecule has 0 bridgehead atoms. The van der Waals surface area contributed by atoms with Crippen LogP contribution in [0.25, 0.3) is 100 Å². The summed E-state index contributed by atoms with van der Waals surface area (Å²) in [4.78, 5) is 5.01. The van der Waals surface area contributed by atoms with Gasteiger partial charge >= 0.3 is 0 Å². The maximum absolute atomic E-state index is 2.56. The van der Waals surface area contributed by atoms with E-state index in [0.717, 1.165) is 17.1 Å². The second-order valence-corrected chi connectivity index (χ2v) is 46.8. The number of benzene rings is 15. The molecule has 0 radical (unpaired) electrons. The third-order valence-electron chi connectivity index (χ3n) is 30.2. The lowest BCUT2D eigenvalue weighted by Gasteiger charge is -2.32. The Morgan fingerprint density at radius 2 is 0.489 bits per heavy atom. The minimum absolute atomic E-state index is 0. The number of hydrogen-bond donors (Lipinski definition) is 0. The average Bonchev–Trinajstić information content (AvgIpc) is 1.58. The molecule has 0 amide bonds. The predicted molar refractivity (Wildman–Crippen MR) is 586 cm³/mol. The highest BCUT2D eigenvalue weighted by atomic mass is 15.2. The van der Waals surface area contributed by atoms with Crippen molar-refractivity contribution in [1.82, 2.24) is 0 Å². The molecule has 15 aromatic carbocycles. The van der Waals surface area contributed by atoms with E-state index >= 15 is 0 Å². The van der Waals surface area contributed by atoms with Crippen LogP contribution in [-0.2, 0) is 43.3 Å². The van der Waals surface area contributed by atoms with E-state index in [9.17, 15) is 0 Å². The van der Waals surface area contributed by atoms with Crippen molar-refractivity contribution in [3.63, 3.8) is 0 Å². The van der Waals surface area contributed by atoms with E-state index in [1.807, 2.05) is 0 Å². The second-order valence-electron chi connectivity index (χ2n) is 46.8. The fraction of sp³-hybridized carbons (Fsp3) is 0.323. The minimum atomic E-state index is -0.107. The number of rotatable bonds is 15. The van der Waals surface area contributed by atoms with Crippen molar-refractivity contribution in [1.29, 1.82) is 0 Å². The first-order chi connectivity index (χ1) is 63.7. The molecule has 2 saturated carbocycles. The molecule has 2 heteroatoms. The molecule has 4 aliphatic carbocycles. The molecule has 0 spiro atoms. The highest BCUT2D eigenvalue weighted by Crippen LogP contribution is 2.55. The number of anilines is 6. The summed E-state index contributed by atoms with van der Waals surface area (Å²) in [5, 5.41) is 0. The van der Waals surface area contributed by atoms with E-state index < -0.39 is 0 Å². The highest BCUT2D eigenvalue weighted by Gasteiger charge is 2.39. The van der Waals surface area contributed by atoms with Crippen molar-refractivity contribution in [3.8, 4) is 100 Å². The Balaban J connectivity index is 0.000000187. The molecule has 0 saturated heterocycles. The van der Waals surface area contributed by atoms with E-state index in [1.54, 1.807) is 0 Å².